The first kappa shape index (κ1) is 14.9. The van der Waals surface area contributed by atoms with Gasteiger partial charge >= 0.3 is 0 Å². The Morgan fingerprint density at radius 1 is 1.19 bits per heavy atom. The SMILES string of the molecule is COc1cccc(/C=C/C(=O)NCc2ccccc2C)c1. The van der Waals surface area contributed by atoms with Crippen molar-refractivity contribution in [3.63, 3.8) is 0 Å². The third-order valence-electron chi connectivity index (χ3n) is 3.24. The van der Waals surface area contributed by atoms with Crippen LogP contribution in [0.1, 0.15) is 16.7 Å². The largest absolute Gasteiger partial charge is 0.497 e. The quantitative estimate of drug-likeness (QED) is 0.854. The molecule has 0 aliphatic carbocycles. The Morgan fingerprint density at radius 3 is 2.76 bits per heavy atom. The van der Waals surface area contributed by atoms with E-state index in [0.717, 1.165) is 16.9 Å². The van der Waals surface area contributed by atoms with Crippen LogP contribution in [-0.4, -0.2) is 13.0 Å². The first-order chi connectivity index (χ1) is 10.2. The predicted molar refractivity (Wildman–Crippen MR) is 85.1 cm³/mol. The lowest BCUT2D eigenvalue weighted by Gasteiger charge is -2.05. The second kappa shape index (κ2) is 7.29. The van der Waals surface area contributed by atoms with Crippen molar-refractivity contribution in [2.45, 2.75) is 13.5 Å². The number of aryl methyl sites for hydroxylation is 1. The van der Waals surface area contributed by atoms with Gasteiger partial charge in [0.2, 0.25) is 5.91 Å². The molecular formula is C18H19NO2. The van der Waals surface area contributed by atoms with Gasteiger partial charge in [0, 0.05) is 12.6 Å². The van der Waals surface area contributed by atoms with E-state index in [4.69, 9.17) is 4.74 Å². The summed E-state index contributed by atoms with van der Waals surface area (Å²) in [5, 5.41) is 2.88. The molecule has 2 aromatic rings. The van der Waals surface area contributed by atoms with Gasteiger partial charge in [-0.25, -0.2) is 0 Å². The molecule has 0 aliphatic rings. The molecule has 0 heterocycles. The average Bonchev–Trinajstić information content (AvgIpc) is 2.52. The highest BCUT2D eigenvalue weighted by Crippen LogP contribution is 2.13. The molecule has 1 N–H and O–H groups in total. The molecule has 3 nitrogen and oxygen atoms in total. The monoisotopic (exact) mass is 281 g/mol. The zero-order valence-corrected chi connectivity index (χ0v) is 12.3. The van der Waals surface area contributed by atoms with Crippen molar-refractivity contribution < 1.29 is 9.53 Å². The van der Waals surface area contributed by atoms with E-state index in [2.05, 4.69) is 5.32 Å². The minimum absolute atomic E-state index is 0.110. The van der Waals surface area contributed by atoms with Crippen molar-refractivity contribution in [3.05, 3.63) is 71.3 Å². The fourth-order valence-electron chi connectivity index (χ4n) is 1.97. The Bertz CT molecular complexity index is 647. The average molecular weight is 281 g/mol. The highest BCUT2D eigenvalue weighted by molar-refractivity contribution is 5.91. The normalized spacial score (nSPS) is 10.6. The number of methoxy groups -OCH3 is 1. The van der Waals surface area contributed by atoms with E-state index in [9.17, 15) is 4.79 Å². The third kappa shape index (κ3) is 4.49. The van der Waals surface area contributed by atoms with Gasteiger partial charge < -0.3 is 10.1 Å². The molecule has 2 aromatic carbocycles. The molecular weight excluding hydrogens is 262 g/mol. The van der Waals surface area contributed by atoms with Crippen molar-refractivity contribution in [2.24, 2.45) is 0 Å². The maximum Gasteiger partial charge on any atom is 0.244 e. The fourth-order valence-corrected chi connectivity index (χ4v) is 1.97. The summed E-state index contributed by atoms with van der Waals surface area (Å²) in [5.41, 5.74) is 3.23. The second-order valence-electron chi connectivity index (χ2n) is 4.75. The Labute approximate surface area is 125 Å². The lowest BCUT2D eigenvalue weighted by atomic mass is 10.1. The van der Waals surface area contributed by atoms with Crippen LogP contribution in [-0.2, 0) is 11.3 Å². The van der Waals surface area contributed by atoms with Crippen LogP contribution < -0.4 is 10.1 Å². The summed E-state index contributed by atoms with van der Waals surface area (Å²) in [6.45, 7) is 2.57. The highest BCUT2D eigenvalue weighted by Gasteiger charge is 1.99. The smallest absolute Gasteiger partial charge is 0.244 e. The molecule has 2 rings (SSSR count). The van der Waals surface area contributed by atoms with E-state index in [1.54, 1.807) is 13.2 Å². The van der Waals surface area contributed by atoms with Crippen LogP contribution in [0.15, 0.2) is 54.6 Å². The van der Waals surface area contributed by atoms with Gasteiger partial charge in [-0.15, -0.1) is 0 Å². The summed E-state index contributed by atoms with van der Waals surface area (Å²) in [7, 11) is 1.62. The number of ether oxygens (including phenoxy) is 1. The molecule has 0 fully saturated rings. The van der Waals surface area contributed by atoms with E-state index in [-0.39, 0.29) is 5.91 Å². The van der Waals surface area contributed by atoms with Crippen LogP contribution in [0.25, 0.3) is 6.08 Å². The summed E-state index contributed by atoms with van der Waals surface area (Å²) in [6, 6.07) is 15.6. The van der Waals surface area contributed by atoms with Crippen molar-refractivity contribution >= 4 is 12.0 Å². The first-order valence-electron chi connectivity index (χ1n) is 6.83. The van der Waals surface area contributed by atoms with Crippen molar-refractivity contribution in [2.75, 3.05) is 7.11 Å². The van der Waals surface area contributed by atoms with Crippen LogP contribution in [0, 0.1) is 6.92 Å². The van der Waals surface area contributed by atoms with Gasteiger partial charge in [0.15, 0.2) is 0 Å². The molecule has 1 amide bonds. The zero-order chi connectivity index (χ0) is 15.1. The van der Waals surface area contributed by atoms with Crippen LogP contribution in [0.3, 0.4) is 0 Å². The van der Waals surface area contributed by atoms with E-state index in [1.165, 1.54) is 11.6 Å². The Morgan fingerprint density at radius 2 is 2.00 bits per heavy atom. The topological polar surface area (TPSA) is 38.3 Å². The van der Waals surface area contributed by atoms with Gasteiger partial charge in [0.1, 0.15) is 5.75 Å². The number of carbonyl (C=O) groups is 1. The highest BCUT2D eigenvalue weighted by atomic mass is 16.5. The maximum atomic E-state index is 11.8. The number of nitrogens with one attached hydrogen (secondary N) is 1. The molecule has 3 heteroatoms. The lowest BCUT2D eigenvalue weighted by molar-refractivity contribution is -0.116. The van der Waals surface area contributed by atoms with Crippen LogP contribution in [0.5, 0.6) is 5.75 Å². The number of amides is 1. The first-order valence-corrected chi connectivity index (χ1v) is 6.83. The summed E-state index contributed by atoms with van der Waals surface area (Å²) in [6.07, 6.45) is 3.31. The minimum Gasteiger partial charge on any atom is -0.497 e. The molecule has 0 unspecified atom stereocenters. The number of hydrogen-bond acceptors (Lipinski definition) is 2. The lowest BCUT2D eigenvalue weighted by Crippen LogP contribution is -2.20. The number of benzene rings is 2. The van der Waals surface area contributed by atoms with Gasteiger partial charge in [-0.2, -0.15) is 0 Å². The second-order valence-corrected chi connectivity index (χ2v) is 4.75. The standard InChI is InChI=1S/C18H19NO2/c1-14-6-3-4-8-16(14)13-19-18(20)11-10-15-7-5-9-17(12-15)21-2/h3-12H,13H2,1-2H3,(H,19,20)/b11-10+. The molecule has 108 valence electrons. The number of hydrogen-bond donors (Lipinski definition) is 1. The third-order valence-corrected chi connectivity index (χ3v) is 3.24. The van der Waals surface area contributed by atoms with Crippen LogP contribution in [0.4, 0.5) is 0 Å². The molecule has 0 aliphatic heterocycles. The molecule has 0 radical (unpaired) electrons. The molecule has 21 heavy (non-hydrogen) atoms. The van der Waals surface area contributed by atoms with Gasteiger partial charge in [-0.05, 0) is 41.8 Å². The van der Waals surface area contributed by atoms with Crippen molar-refractivity contribution in [3.8, 4) is 5.75 Å². The van der Waals surface area contributed by atoms with E-state index in [0.29, 0.717) is 6.54 Å². The van der Waals surface area contributed by atoms with Crippen molar-refractivity contribution in [1.82, 2.24) is 5.32 Å². The molecule has 0 bridgehead atoms. The van der Waals surface area contributed by atoms with E-state index in [1.807, 2.05) is 55.5 Å². The zero-order valence-electron chi connectivity index (χ0n) is 12.3. The van der Waals surface area contributed by atoms with Gasteiger partial charge in [-0.3, -0.25) is 4.79 Å². The Kier molecular flexibility index (Phi) is 5.16. The number of rotatable bonds is 5. The van der Waals surface area contributed by atoms with E-state index < -0.39 is 0 Å². The van der Waals surface area contributed by atoms with Gasteiger partial charge in [0.25, 0.3) is 0 Å². The van der Waals surface area contributed by atoms with Crippen LogP contribution >= 0.6 is 0 Å². The minimum atomic E-state index is -0.110. The van der Waals surface area contributed by atoms with Gasteiger partial charge in [0.05, 0.1) is 7.11 Å². The molecule has 0 saturated heterocycles. The van der Waals surface area contributed by atoms with Gasteiger partial charge in [-0.1, -0.05) is 36.4 Å². The summed E-state index contributed by atoms with van der Waals surface area (Å²) >= 11 is 0. The molecule has 0 aromatic heterocycles. The summed E-state index contributed by atoms with van der Waals surface area (Å²) in [4.78, 5) is 11.8. The van der Waals surface area contributed by atoms with Crippen molar-refractivity contribution in [1.29, 1.82) is 0 Å². The Balaban J connectivity index is 1.92. The fraction of sp³-hybridized carbons (Fsp3) is 0.167. The Hall–Kier alpha value is -2.55. The predicted octanol–water partition coefficient (Wildman–Crippen LogP) is 3.33. The summed E-state index contributed by atoms with van der Waals surface area (Å²) in [5.74, 6) is 0.665. The number of carbonyl (C=O) groups excluding carboxylic acids is 1. The maximum absolute atomic E-state index is 11.8. The van der Waals surface area contributed by atoms with Crippen LogP contribution in [0.2, 0.25) is 0 Å². The molecule has 0 saturated carbocycles. The summed E-state index contributed by atoms with van der Waals surface area (Å²) < 4.78 is 5.15. The molecule has 0 atom stereocenters. The molecule has 0 spiro atoms. The van der Waals surface area contributed by atoms with E-state index >= 15 is 0 Å².